The van der Waals surface area contributed by atoms with Crippen molar-refractivity contribution in [2.45, 2.75) is 25.8 Å². The van der Waals surface area contributed by atoms with Gasteiger partial charge in [-0.1, -0.05) is 6.07 Å². The van der Waals surface area contributed by atoms with Gasteiger partial charge in [0.25, 0.3) is 0 Å². The number of fused-ring (bicyclic) bond motifs is 1. The Morgan fingerprint density at radius 3 is 3.00 bits per heavy atom. The van der Waals surface area contributed by atoms with Crippen LogP contribution in [0.25, 0.3) is 0 Å². The number of carboxylic acids is 1. The summed E-state index contributed by atoms with van der Waals surface area (Å²) in [5.74, 6) is -1.03. The molecule has 0 aliphatic carbocycles. The summed E-state index contributed by atoms with van der Waals surface area (Å²) in [6, 6.07) is 3.81. The van der Waals surface area contributed by atoms with E-state index in [1.807, 2.05) is 12.1 Å². The van der Waals surface area contributed by atoms with Crippen molar-refractivity contribution >= 4 is 11.9 Å². The Kier molecular flexibility index (Phi) is 3.37. The minimum atomic E-state index is -0.933. The molecule has 0 unspecified atom stereocenters. The average molecular weight is 234 g/mol. The van der Waals surface area contributed by atoms with Crippen LogP contribution in [0.15, 0.2) is 18.3 Å². The quantitative estimate of drug-likeness (QED) is 0.841. The molecule has 1 aromatic rings. The van der Waals surface area contributed by atoms with Crippen LogP contribution in [0.2, 0.25) is 0 Å². The first-order chi connectivity index (χ1) is 8.16. The van der Waals surface area contributed by atoms with Crippen LogP contribution >= 0.6 is 0 Å². The number of amides is 1. The lowest BCUT2D eigenvalue weighted by Gasteiger charge is -2.28. The van der Waals surface area contributed by atoms with E-state index in [0.717, 1.165) is 17.7 Å². The van der Waals surface area contributed by atoms with Crippen LogP contribution in [-0.2, 0) is 22.6 Å². The van der Waals surface area contributed by atoms with Crippen molar-refractivity contribution in [2.24, 2.45) is 0 Å². The van der Waals surface area contributed by atoms with E-state index in [1.165, 1.54) is 0 Å². The standard InChI is InChI=1S/C12H14N2O3/c15-11(3-4-12(16)17)14-7-5-10-9(8-14)2-1-6-13-10/h1-2,6H,3-5,7-8H2,(H,16,17). The molecule has 90 valence electrons. The third-order valence-corrected chi connectivity index (χ3v) is 2.87. The molecule has 17 heavy (non-hydrogen) atoms. The molecule has 1 aliphatic heterocycles. The van der Waals surface area contributed by atoms with Crippen molar-refractivity contribution in [1.82, 2.24) is 9.88 Å². The predicted molar refractivity (Wildman–Crippen MR) is 60.2 cm³/mol. The maximum Gasteiger partial charge on any atom is 0.303 e. The molecule has 0 atom stereocenters. The van der Waals surface area contributed by atoms with E-state index in [9.17, 15) is 9.59 Å². The van der Waals surface area contributed by atoms with Crippen molar-refractivity contribution in [1.29, 1.82) is 0 Å². The number of nitrogens with zero attached hydrogens (tertiary/aromatic N) is 2. The first-order valence-electron chi connectivity index (χ1n) is 5.59. The van der Waals surface area contributed by atoms with E-state index in [4.69, 9.17) is 5.11 Å². The van der Waals surface area contributed by atoms with Crippen LogP contribution in [0.5, 0.6) is 0 Å². The summed E-state index contributed by atoms with van der Waals surface area (Å²) in [6.07, 6.45) is 2.47. The highest BCUT2D eigenvalue weighted by atomic mass is 16.4. The second-order valence-electron chi connectivity index (χ2n) is 4.07. The average Bonchev–Trinajstić information content (AvgIpc) is 2.35. The van der Waals surface area contributed by atoms with Crippen molar-refractivity contribution in [3.63, 3.8) is 0 Å². The number of rotatable bonds is 3. The van der Waals surface area contributed by atoms with Crippen LogP contribution in [0.3, 0.4) is 0 Å². The van der Waals surface area contributed by atoms with Gasteiger partial charge in [0.15, 0.2) is 0 Å². The lowest BCUT2D eigenvalue weighted by atomic mass is 10.1. The summed E-state index contributed by atoms with van der Waals surface area (Å²) in [5, 5.41) is 8.54. The van der Waals surface area contributed by atoms with Gasteiger partial charge in [-0.25, -0.2) is 0 Å². The zero-order valence-electron chi connectivity index (χ0n) is 9.43. The van der Waals surface area contributed by atoms with Gasteiger partial charge < -0.3 is 10.0 Å². The van der Waals surface area contributed by atoms with E-state index in [0.29, 0.717) is 13.1 Å². The third kappa shape index (κ3) is 2.81. The smallest absolute Gasteiger partial charge is 0.303 e. The van der Waals surface area contributed by atoms with E-state index in [-0.39, 0.29) is 18.7 Å². The van der Waals surface area contributed by atoms with E-state index in [2.05, 4.69) is 4.98 Å². The number of hydrogen-bond donors (Lipinski definition) is 1. The highest BCUT2D eigenvalue weighted by molar-refractivity contribution is 5.80. The molecule has 2 heterocycles. The van der Waals surface area contributed by atoms with Gasteiger partial charge in [-0.05, 0) is 11.6 Å². The number of carboxylic acid groups (broad SMARTS) is 1. The molecule has 0 fully saturated rings. The zero-order valence-corrected chi connectivity index (χ0v) is 9.43. The minimum Gasteiger partial charge on any atom is -0.481 e. The monoisotopic (exact) mass is 234 g/mol. The molecule has 1 N–H and O–H groups in total. The third-order valence-electron chi connectivity index (χ3n) is 2.87. The molecule has 5 heteroatoms. The van der Waals surface area contributed by atoms with Gasteiger partial charge in [0.2, 0.25) is 5.91 Å². The van der Waals surface area contributed by atoms with Crippen molar-refractivity contribution in [3.05, 3.63) is 29.6 Å². The Morgan fingerprint density at radius 1 is 1.41 bits per heavy atom. The van der Waals surface area contributed by atoms with E-state index < -0.39 is 5.97 Å². The second-order valence-corrected chi connectivity index (χ2v) is 4.07. The topological polar surface area (TPSA) is 70.5 Å². The summed E-state index contributed by atoms with van der Waals surface area (Å²) >= 11 is 0. The molecule has 0 bridgehead atoms. The van der Waals surface area contributed by atoms with Crippen LogP contribution in [-0.4, -0.2) is 33.4 Å². The number of carbonyl (C=O) groups is 2. The largest absolute Gasteiger partial charge is 0.481 e. The Morgan fingerprint density at radius 2 is 2.24 bits per heavy atom. The normalized spacial score (nSPS) is 14.2. The summed E-state index contributed by atoms with van der Waals surface area (Å²) in [4.78, 5) is 28.1. The number of pyridine rings is 1. The first-order valence-corrected chi connectivity index (χ1v) is 5.59. The lowest BCUT2D eigenvalue weighted by molar-refractivity contribution is -0.141. The molecule has 0 radical (unpaired) electrons. The van der Waals surface area contributed by atoms with Gasteiger partial charge in [-0.2, -0.15) is 0 Å². The van der Waals surface area contributed by atoms with Crippen molar-refractivity contribution in [2.75, 3.05) is 6.54 Å². The van der Waals surface area contributed by atoms with Gasteiger partial charge in [-0.3, -0.25) is 14.6 Å². The summed E-state index contributed by atoms with van der Waals surface area (Å²) in [5.41, 5.74) is 2.09. The molecule has 1 amide bonds. The molecular formula is C12H14N2O3. The van der Waals surface area contributed by atoms with Crippen molar-refractivity contribution < 1.29 is 14.7 Å². The zero-order chi connectivity index (χ0) is 12.3. The van der Waals surface area contributed by atoms with E-state index in [1.54, 1.807) is 11.1 Å². The van der Waals surface area contributed by atoms with Gasteiger partial charge in [-0.15, -0.1) is 0 Å². The van der Waals surface area contributed by atoms with Gasteiger partial charge >= 0.3 is 5.97 Å². The minimum absolute atomic E-state index is 0.0743. The molecule has 0 aromatic carbocycles. The number of carbonyl (C=O) groups excluding carboxylic acids is 1. The fourth-order valence-electron chi connectivity index (χ4n) is 1.95. The fourth-order valence-corrected chi connectivity index (χ4v) is 1.95. The fraction of sp³-hybridized carbons (Fsp3) is 0.417. The molecule has 0 spiro atoms. The maximum atomic E-state index is 11.8. The Hall–Kier alpha value is -1.91. The summed E-state index contributed by atoms with van der Waals surface area (Å²) < 4.78 is 0. The number of hydrogen-bond acceptors (Lipinski definition) is 3. The maximum absolute atomic E-state index is 11.8. The van der Waals surface area contributed by atoms with Crippen LogP contribution < -0.4 is 0 Å². The highest BCUT2D eigenvalue weighted by Gasteiger charge is 2.21. The SMILES string of the molecule is O=C(O)CCC(=O)N1CCc2ncccc2C1. The molecule has 2 rings (SSSR count). The van der Waals surface area contributed by atoms with Gasteiger partial charge in [0.05, 0.1) is 6.42 Å². The molecular weight excluding hydrogens is 220 g/mol. The predicted octanol–water partition coefficient (Wildman–Crippen LogP) is 0.831. The van der Waals surface area contributed by atoms with Gasteiger partial charge in [0.1, 0.15) is 0 Å². The Balaban J connectivity index is 1.97. The highest BCUT2D eigenvalue weighted by Crippen LogP contribution is 2.17. The summed E-state index contributed by atoms with van der Waals surface area (Å²) in [7, 11) is 0. The molecule has 1 aliphatic rings. The van der Waals surface area contributed by atoms with Crippen LogP contribution in [0, 0.1) is 0 Å². The molecule has 0 saturated heterocycles. The Bertz CT molecular complexity index is 445. The number of aliphatic carboxylic acids is 1. The van der Waals surface area contributed by atoms with Gasteiger partial charge in [0, 0.05) is 37.8 Å². The lowest BCUT2D eigenvalue weighted by Crippen LogP contribution is -2.36. The molecule has 5 nitrogen and oxygen atoms in total. The molecule has 0 saturated carbocycles. The molecule has 1 aromatic heterocycles. The van der Waals surface area contributed by atoms with Crippen LogP contribution in [0.4, 0.5) is 0 Å². The first kappa shape index (κ1) is 11.6. The summed E-state index contributed by atoms with van der Waals surface area (Å²) in [6.45, 7) is 1.17. The number of aromatic nitrogens is 1. The van der Waals surface area contributed by atoms with Crippen molar-refractivity contribution in [3.8, 4) is 0 Å². The van der Waals surface area contributed by atoms with E-state index >= 15 is 0 Å². The Labute approximate surface area is 99.1 Å². The second kappa shape index (κ2) is 4.95. The van der Waals surface area contributed by atoms with Crippen LogP contribution in [0.1, 0.15) is 24.1 Å².